The molecular weight excluding hydrogens is 212 g/mol. The number of hydrogen-bond acceptors (Lipinski definition) is 3. The lowest BCUT2D eigenvalue weighted by Gasteiger charge is -2.09. The van der Waals surface area contributed by atoms with E-state index in [1.807, 2.05) is 29.7 Å². The first-order chi connectivity index (χ1) is 7.24. The molecule has 15 heavy (non-hydrogen) atoms. The van der Waals surface area contributed by atoms with Crippen LogP contribution in [0, 0.1) is 6.92 Å². The van der Waals surface area contributed by atoms with Crippen molar-refractivity contribution in [2.45, 2.75) is 13.5 Å². The van der Waals surface area contributed by atoms with Crippen LogP contribution >= 0.6 is 11.6 Å². The third-order valence-electron chi connectivity index (χ3n) is 2.30. The maximum atomic E-state index is 6.04. The Morgan fingerprint density at radius 1 is 1.47 bits per heavy atom. The van der Waals surface area contributed by atoms with Gasteiger partial charge in [0.15, 0.2) is 5.82 Å². The molecule has 0 saturated heterocycles. The molecule has 0 unspecified atom stereocenters. The highest BCUT2D eigenvalue weighted by Crippen LogP contribution is 2.22. The lowest BCUT2D eigenvalue weighted by atomic mass is 10.2. The summed E-state index contributed by atoms with van der Waals surface area (Å²) in [5, 5.41) is 8.48. The van der Waals surface area contributed by atoms with Gasteiger partial charge in [0.25, 0.3) is 0 Å². The number of halogens is 1. The van der Waals surface area contributed by atoms with Crippen LogP contribution < -0.4 is 5.73 Å². The first-order valence-corrected chi connectivity index (χ1v) is 4.96. The summed E-state index contributed by atoms with van der Waals surface area (Å²) >= 11 is 6.04. The van der Waals surface area contributed by atoms with Crippen molar-refractivity contribution in [2.24, 2.45) is 5.73 Å². The third kappa shape index (κ3) is 1.73. The average molecular weight is 223 g/mol. The maximum Gasteiger partial charge on any atom is 0.151 e. The van der Waals surface area contributed by atoms with Gasteiger partial charge >= 0.3 is 0 Å². The molecule has 0 saturated carbocycles. The monoisotopic (exact) mass is 222 g/mol. The topological polar surface area (TPSA) is 56.7 Å². The van der Waals surface area contributed by atoms with Crippen LogP contribution in [0.3, 0.4) is 0 Å². The van der Waals surface area contributed by atoms with Gasteiger partial charge in [-0.1, -0.05) is 17.7 Å². The van der Waals surface area contributed by atoms with E-state index in [1.54, 1.807) is 6.33 Å². The SMILES string of the molecule is Cc1c(Cl)cccc1-n1cnnc1CN. The highest BCUT2D eigenvalue weighted by atomic mass is 35.5. The number of aromatic nitrogens is 3. The summed E-state index contributed by atoms with van der Waals surface area (Å²) in [5.74, 6) is 0.723. The van der Waals surface area contributed by atoms with E-state index in [2.05, 4.69) is 10.2 Å². The summed E-state index contributed by atoms with van der Waals surface area (Å²) in [6, 6.07) is 5.71. The fraction of sp³-hybridized carbons (Fsp3) is 0.200. The van der Waals surface area contributed by atoms with E-state index in [1.165, 1.54) is 0 Å². The number of nitrogens with two attached hydrogens (primary N) is 1. The van der Waals surface area contributed by atoms with Gasteiger partial charge in [-0.15, -0.1) is 10.2 Å². The van der Waals surface area contributed by atoms with E-state index in [-0.39, 0.29) is 0 Å². The second kappa shape index (κ2) is 4.00. The molecule has 4 nitrogen and oxygen atoms in total. The summed E-state index contributed by atoms with van der Waals surface area (Å²) in [6.07, 6.45) is 1.64. The Labute approximate surface area is 92.7 Å². The minimum absolute atomic E-state index is 0.353. The lowest BCUT2D eigenvalue weighted by Crippen LogP contribution is -2.07. The van der Waals surface area contributed by atoms with Crippen molar-refractivity contribution in [1.29, 1.82) is 0 Å². The average Bonchev–Trinajstić information content (AvgIpc) is 2.70. The summed E-state index contributed by atoms with van der Waals surface area (Å²) in [5.41, 5.74) is 7.52. The molecule has 0 amide bonds. The Hall–Kier alpha value is -1.39. The molecule has 0 radical (unpaired) electrons. The molecule has 0 aliphatic rings. The van der Waals surface area contributed by atoms with Crippen molar-refractivity contribution >= 4 is 11.6 Å². The van der Waals surface area contributed by atoms with E-state index in [0.29, 0.717) is 6.54 Å². The van der Waals surface area contributed by atoms with Gasteiger partial charge in [-0.2, -0.15) is 0 Å². The molecule has 0 spiro atoms. The fourth-order valence-corrected chi connectivity index (χ4v) is 1.63. The Balaban J connectivity index is 2.59. The largest absolute Gasteiger partial charge is 0.324 e. The van der Waals surface area contributed by atoms with E-state index in [4.69, 9.17) is 17.3 Å². The van der Waals surface area contributed by atoms with Crippen molar-refractivity contribution in [2.75, 3.05) is 0 Å². The van der Waals surface area contributed by atoms with Crippen molar-refractivity contribution in [3.8, 4) is 5.69 Å². The molecule has 1 heterocycles. The molecule has 0 bridgehead atoms. The van der Waals surface area contributed by atoms with Crippen LogP contribution in [0.25, 0.3) is 5.69 Å². The van der Waals surface area contributed by atoms with Crippen molar-refractivity contribution in [3.05, 3.63) is 40.9 Å². The van der Waals surface area contributed by atoms with E-state index in [9.17, 15) is 0 Å². The minimum Gasteiger partial charge on any atom is -0.324 e. The number of hydrogen-bond donors (Lipinski definition) is 1. The Morgan fingerprint density at radius 2 is 2.27 bits per heavy atom. The predicted molar refractivity (Wildman–Crippen MR) is 59.0 cm³/mol. The standard InChI is InChI=1S/C10H11ClN4/c1-7-8(11)3-2-4-9(7)15-6-13-14-10(15)5-12/h2-4,6H,5,12H2,1H3. The van der Waals surface area contributed by atoms with Crippen LogP contribution in [0.5, 0.6) is 0 Å². The van der Waals surface area contributed by atoms with E-state index >= 15 is 0 Å². The zero-order chi connectivity index (χ0) is 10.8. The smallest absolute Gasteiger partial charge is 0.151 e. The molecule has 2 N–H and O–H groups in total. The molecule has 0 aliphatic heterocycles. The first kappa shape index (κ1) is 10.1. The Bertz CT molecular complexity index is 478. The van der Waals surface area contributed by atoms with E-state index in [0.717, 1.165) is 22.1 Å². The molecule has 1 aromatic carbocycles. The van der Waals surface area contributed by atoms with Gasteiger partial charge in [-0.3, -0.25) is 4.57 Å². The van der Waals surface area contributed by atoms with Crippen LogP contribution in [0.4, 0.5) is 0 Å². The second-order valence-electron chi connectivity index (χ2n) is 3.21. The molecule has 0 atom stereocenters. The van der Waals surface area contributed by atoms with Crippen LogP contribution in [0.2, 0.25) is 5.02 Å². The van der Waals surface area contributed by atoms with Crippen LogP contribution in [-0.2, 0) is 6.54 Å². The van der Waals surface area contributed by atoms with Gasteiger partial charge in [-0.25, -0.2) is 0 Å². The van der Waals surface area contributed by atoms with Gasteiger partial charge < -0.3 is 5.73 Å². The lowest BCUT2D eigenvalue weighted by molar-refractivity contribution is 0.856. The van der Waals surface area contributed by atoms with Crippen molar-refractivity contribution < 1.29 is 0 Å². The molecule has 2 aromatic rings. The Morgan fingerprint density at radius 3 is 3.00 bits per heavy atom. The molecular formula is C10H11ClN4. The quantitative estimate of drug-likeness (QED) is 0.841. The van der Waals surface area contributed by atoms with E-state index < -0.39 is 0 Å². The summed E-state index contributed by atoms with van der Waals surface area (Å²) < 4.78 is 1.85. The minimum atomic E-state index is 0.353. The van der Waals surface area contributed by atoms with Crippen molar-refractivity contribution in [3.63, 3.8) is 0 Å². The van der Waals surface area contributed by atoms with Crippen molar-refractivity contribution in [1.82, 2.24) is 14.8 Å². The summed E-state index contributed by atoms with van der Waals surface area (Å²) in [4.78, 5) is 0. The highest BCUT2D eigenvalue weighted by molar-refractivity contribution is 6.31. The van der Waals surface area contributed by atoms with Crippen LogP contribution in [0.1, 0.15) is 11.4 Å². The second-order valence-corrected chi connectivity index (χ2v) is 3.61. The molecule has 78 valence electrons. The number of benzene rings is 1. The first-order valence-electron chi connectivity index (χ1n) is 4.58. The Kier molecular flexibility index (Phi) is 2.70. The van der Waals surface area contributed by atoms with Crippen LogP contribution in [0.15, 0.2) is 24.5 Å². The third-order valence-corrected chi connectivity index (χ3v) is 2.71. The fourth-order valence-electron chi connectivity index (χ4n) is 1.46. The van der Waals surface area contributed by atoms with Gasteiger partial charge in [0.05, 0.1) is 12.2 Å². The highest BCUT2D eigenvalue weighted by Gasteiger charge is 2.08. The van der Waals surface area contributed by atoms with Gasteiger partial charge in [-0.05, 0) is 24.6 Å². The zero-order valence-corrected chi connectivity index (χ0v) is 9.07. The molecule has 1 aromatic heterocycles. The molecule has 5 heteroatoms. The summed E-state index contributed by atoms with van der Waals surface area (Å²) in [6.45, 7) is 2.31. The normalized spacial score (nSPS) is 10.6. The molecule has 0 fully saturated rings. The molecule has 0 aliphatic carbocycles. The number of rotatable bonds is 2. The summed E-state index contributed by atoms with van der Waals surface area (Å²) in [7, 11) is 0. The van der Waals surface area contributed by atoms with Crippen LogP contribution in [-0.4, -0.2) is 14.8 Å². The van der Waals surface area contributed by atoms with Gasteiger partial charge in [0.2, 0.25) is 0 Å². The van der Waals surface area contributed by atoms with Gasteiger partial charge in [0.1, 0.15) is 6.33 Å². The zero-order valence-electron chi connectivity index (χ0n) is 8.31. The predicted octanol–water partition coefficient (Wildman–Crippen LogP) is 1.69. The number of nitrogens with zero attached hydrogens (tertiary/aromatic N) is 3. The maximum absolute atomic E-state index is 6.04. The molecule has 2 rings (SSSR count). The van der Waals surface area contributed by atoms with Gasteiger partial charge in [0, 0.05) is 5.02 Å².